The van der Waals surface area contributed by atoms with Gasteiger partial charge in [-0.05, 0) is 32.2 Å². The minimum atomic E-state index is -3.87. The number of rotatable bonds is 8. The van der Waals surface area contributed by atoms with Crippen LogP contribution in [0.4, 0.5) is 0 Å². The molecule has 0 spiro atoms. The van der Waals surface area contributed by atoms with Crippen LogP contribution >= 0.6 is 0 Å². The molecule has 1 fully saturated rings. The Hall–Kier alpha value is -0.430. The molecule has 0 unspecified atom stereocenters. The van der Waals surface area contributed by atoms with Crippen LogP contribution in [0, 0.1) is 5.92 Å². The molecule has 0 saturated carbocycles. The van der Waals surface area contributed by atoms with Gasteiger partial charge in [-0.15, -0.1) is 0 Å². The van der Waals surface area contributed by atoms with Crippen molar-refractivity contribution in [3.63, 3.8) is 0 Å². The van der Waals surface area contributed by atoms with Gasteiger partial charge in [-0.1, -0.05) is 11.6 Å². The first kappa shape index (κ1) is 15.6. The van der Waals surface area contributed by atoms with Crippen LogP contribution in [0.25, 0.3) is 0 Å². The van der Waals surface area contributed by atoms with E-state index in [2.05, 4.69) is 11.9 Å². The van der Waals surface area contributed by atoms with E-state index in [1.807, 2.05) is 6.08 Å². The smallest absolute Gasteiger partial charge is 0.265 e. The molecule has 5 nitrogen and oxygen atoms in total. The molecule has 1 heterocycles. The Kier molecular flexibility index (Phi) is 6.28. The molecule has 0 aromatic heterocycles. The first-order valence-electron chi connectivity index (χ1n) is 6.21. The standard InChI is InChI=1S/C12H23NO4S/c1-13-9-12(10-13)8-11(4-3-6-17-2)5-7-18(14,15)16/h4,12H,3,5-10H2,1-2H3,(H,14,15,16)/b11-4+. The van der Waals surface area contributed by atoms with Crippen molar-refractivity contribution in [1.82, 2.24) is 4.90 Å². The van der Waals surface area contributed by atoms with Gasteiger partial charge in [0.15, 0.2) is 0 Å². The summed E-state index contributed by atoms with van der Waals surface area (Å²) < 4.78 is 35.3. The maximum atomic E-state index is 10.8. The predicted octanol–water partition coefficient (Wildman–Crippen LogP) is 1.18. The fourth-order valence-electron chi connectivity index (χ4n) is 2.26. The van der Waals surface area contributed by atoms with E-state index < -0.39 is 10.1 Å². The summed E-state index contributed by atoms with van der Waals surface area (Å²) in [5, 5.41) is 0. The summed E-state index contributed by atoms with van der Waals surface area (Å²) in [6, 6.07) is 0. The lowest BCUT2D eigenvalue weighted by Crippen LogP contribution is -2.43. The Morgan fingerprint density at radius 2 is 2.17 bits per heavy atom. The van der Waals surface area contributed by atoms with Crippen molar-refractivity contribution in [2.45, 2.75) is 19.3 Å². The summed E-state index contributed by atoms with van der Waals surface area (Å²) in [7, 11) is -0.150. The summed E-state index contributed by atoms with van der Waals surface area (Å²) in [5.74, 6) is 0.430. The van der Waals surface area contributed by atoms with Crippen molar-refractivity contribution in [2.75, 3.05) is 39.6 Å². The highest BCUT2D eigenvalue weighted by molar-refractivity contribution is 7.85. The average molecular weight is 277 g/mol. The third-order valence-corrected chi connectivity index (χ3v) is 3.85. The van der Waals surface area contributed by atoms with Crippen molar-refractivity contribution in [2.24, 2.45) is 5.92 Å². The van der Waals surface area contributed by atoms with Gasteiger partial charge in [0.05, 0.1) is 5.75 Å². The Bertz CT molecular complexity index is 372. The minimum absolute atomic E-state index is 0.186. The largest absolute Gasteiger partial charge is 0.384 e. The van der Waals surface area contributed by atoms with Gasteiger partial charge < -0.3 is 9.64 Å². The molecule has 0 aromatic carbocycles. The van der Waals surface area contributed by atoms with Gasteiger partial charge in [-0.3, -0.25) is 4.55 Å². The molecule has 0 aliphatic carbocycles. The van der Waals surface area contributed by atoms with Gasteiger partial charge in [0.2, 0.25) is 0 Å². The van der Waals surface area contributed by atoms with Crippen LogP contribution in [0.2, 0.25) is 0 Å². The Morgan fingerprint density at radius 1 is 1.50 bits per heavy atom. The molecule has 6 heteroatoms. The highest BCUT2D eigenvalue weighted by Crippen LogP contribution is 2.23. The van der Waals surface area contributed by atoms with Crippen molar-refractivity contribution < 1.29 is 17.7 Å². The molecular formula is C12H23NO4S. The molecule has 106 valence electrons. The number of nitrogens with zero attached hydrogens (tertiary/aromatic N) is 1. The van der Waals surface area contributed by atoms with E-state index in [9.17, 15) is 8.42 Å². The molecule has 1 aliphatic rings. The van der Waals surface area contributed by atoms with E-state index >= 15 is 0 Å². The fraction of sp³-hybridized carbons (Fsp3) is 0.833. The summed E-state index contributed by atoms with van der Waals surface area (Å²) in [5.41, 5.74) is 1.11. The predicted molar refractivity (Wildman–Crippen MR) is 71.2 cm³/mol. The Balaban J connectivity index is 2.43. The van der Waals surface area contributed by atoms with Gasteiger partial charge in [0.1, 0.15) is 0 Å². The van der Waals surface area contributed by atoms with Crippen molar-refractivity contribution >= 4 is 10.1 Å². The number of hydrogen-bond acceptors (Lipinski definition) is 4. The summed E-state index contributed by atoms with van der Waals surface area (Å²) in [6.45, 7) is 2.76. The normalized spacial score (nSPS) is 18.9. The van der Waals surface area contributed by atoms with Crippen LogP contribution in [-0.2, 0) is 14.9 Å². The summed E-state index contributed by atoms with van der Waals surface area (Å²) in [4.78, 5) is 2.24. The van der Waals surface area contributed by atoms with Gasteiger partial charge in [-0.25, -0.2) is 0 Å². The molecule has 0 bridgehead atoms. The third-order valence-electron chi connectivity index (χ3n) is 3.13. The van der Waals surface area contributed by atoms with Crippen molar-refractivity contribution in [3.8, 4) is 0 Å². The van der Waals surface area contributed by atoms with E-state index in [1.165, 1.54) is 0 Å². The average Bonchev–Trinajstić information content (AvgIpc) is 2.22. The van der Waals surface area contributed by atoms with Gasteiger partial charge in [0, 0.05) is 26.8 Å². The number of ether oxygens (including phenoxy) is 1. The lowest BCUT2D eigenvalue weighted by atomic mass is 9.91. The minimum Gasteiger partial charge on any atom is -0.384 e. The first-order chi connectivity index (χ1) is 8.40. The van der Waals surface area contributed by atoms with Crippen molar-refractivity contribution in [1.29, 1.82) is 0 Å². The fourth-order valence-corrected chi connectivity index (χ4v) is 2.78. The SMILES string of the molecule is COCC/C=C(\CCS(=O)(=O)O)CC1CN(C)C1. The van der Waals surface area contributed by atoms with Crippen LogP contribution < -0.4 is 0 Å². The highest BCUT2D eigenvalue weighted by atomic mass is 32.2. The molecule has 1 N–H and O–H groups in total. The molecule has 0 radical (unpaired) electrons. The number of allylic oxidation sites excluding steroid dienone is 1. The van der Waals surface area contributed by atoms with Crippen molar-refractivity contribution in [3.05, 3.63) is 11.6 Å². The lowest BCUT2D eigenvalue weighted by Gasteiger charge is -2.36. The molecule has 18 heavy (non-hydrogen) atoms. The zero-order chi connectivity index (χ0) is 13.6. The van der Waals surface area contributed by atoms with Gasteiger partial charge in [-0.2, -0.15) is 8.42 Å². The highest BCUT2D eigenvalue weighted by Gasteiger charge is 2.24. The number of likely N-dealkylation sites (tertiary alicyclic amines) is 1. The first-order valence-corrected chi connectivity index (χ1v) is 7.82. The molecular weight excluding hydrogens is 254 g/mol. The third kappa shape index (κ3) is 6.49. The topological polar surface area (TPSA) is 66.8 Å². The Labute approximate surface area is 110 Å². The molecule has 1 rings (SSSR count). The molecule has 1 aliphatic heterocycles. The number of hydrogen-bond donors (Lipinski definition) is 1. The van der Waals surface area contributed by atoms with E-state index in [0.29, 0.717) is 18.9 Å². The number of methoxy groups -OCH3 is 1. The van der Waals surface area contributed by atoms with Crippen LogP contribution in [-0.4, -0.2) is 57.5 Å². The van der Waals surface area contributed by atoms with E-state index in [0.717, 1.165) is 31.5 Å². The second kappa shape index (κ2) is 7.23. The van der Waals surface area contributed by atoms with Crippen LogP contribution in [0.15, 0.2) is 11.6 Å². The van der Waals surface area contributed by atoms with Crippen LogP contribution in [0.3, 0.4) is 0 Å². The van der Waals surface area contributed by atoms with Gasteiger partial charge >= 0.3 is 0 Å². The molecule has 0 atom stereocenters. The zero-order valence-electron chi connectivity index (χ0n) is 11.1. The maximum absolute atomic E-state index is 10.8. The zero-order valence-corrected chi connectivity index (χ0v) is 11.9. The second-order valence-corrected chi connectivity index (χ2v) is 6.54. The molecule has 1 saturated heterocycles. The van der Waals surface area contributed by atoms with Crippen LogP contribution in [0.5, 0.6) is 0 Å². The summed E-state index contributed by atoms with van der Waals surface area (Å²) >= 11 is 0. The lowest BCUT2D eigenvalue weighted by molar-refractivity contribution is 0.134. The monoisotopic (exact) mass is 277 g/mol. The van der Waals surface area contributed by atoms with Gasteiger partial charge in [0.25, 0.3) is 10.1 Å². The second-order valence-electron chi connectivity index (χ2n) is 4.97. The molecule has 0 aromatic rings. The Morgan fingerprint density at radius 3 is 2.67 bits per heavy atom. The van der Waals surface area contributed by atoms with E-state index in [1.54, 1.807) is 7.11 Å². The van der Waals surface area contributed by atoms with Crippen LogP contribution in [0.1, 0.15) is 19.3 Å². The van der Waals surface area contributed by atoms with E-state index in [4.69, 9.17) is 9.29 Å². The molecule has 0 amide bonds. The quantitative estimate of drug-likeness (QED) is 0.410. The summed E-state index contributed by atoms with van der Waals surface area (Å²) in [6.07, 6.45) is 4.18. The maximum Gasteiger partial charge on any atom is 0.265 e. The van der Waals surface area contributed by atoms with E-state index in [-0.39, 0.29) is 5.75 Å².